The normalized spacial score (nSPS) is 14.3. The minimum Gasteiger partial charge on any atom is -0.478 e. The minimum atomic E-state index is -1.62. The van der Waals surface area contributed by atoms with Crippen molar-refractivity contribution in [3.8, 4) is 0 Å². The molecule has 20 nitrogen and oxygen atoms in total. The van der Waals surface area contributed by atoms with Crippen molar-refractivity contribution in [3.05, 3.63) is 141 Å². The zero-order valence-electron chi connectivity index (χ0n) is 47.2. The number of hydrogen-bond acceptors (Lipinski definition) is 10. The van der Waals surface area contributed by atoms with Gasteiger partial charge in [-0.1, -0.05) is 47.5 Å². The SMILES string of the molecule is CC[C@@H](C)CC(=O)c1cnn2c1CN(C(=O)Nc1cc(F)c(F)c(F)c1)CC2.CC[C@@H](C)CC(=O)c1cnn2c1CN(C(=O)Nc1cc(F)c(F)c(F)c1)CC2.CC[C@@H](C)N.O=C(O)c1cnn2c1CN(C(=O)Nc1cc(F)c(F)c(F)c1)CC2. The standard InChI is InChI=1S/2C19H21F3N4O2.C14H11F3N4O3.C4H11N/c2*1-3-11(2)6-17(27)13-9-23-26-5-4-25(10-16(13)26)19(28)24-12-7-14(20)18(22)15(21)8-12;15-9-3-7(4-10(16)12(9)17)19-14(24)20-1-2-21-11(6-20)8(5-18-21)13(22)23;1-3-4(2)5/h2*7-9,11H,3-6,10H2,1-2H3,(H,24,28);3-5H,1-2,6H2,(H,19,24)(H,22,23);4H,3,5H2,1-2H3/t2*11-;;4-/m11.1/s1. The minimum absolute atomic E-state index is 0.0219. The van der Waals surface area contributed by atoms with Crippen LogP contribution in [-0.4, -0.2) is 110 Å². The molecule has 0 unspecified atom stereocenters. The molecule has 3 aromatic heterocycles. The van der Waals surface area contributed by atoms with Crippen LogP contribution in [0.4, 0.5) is 71.0 Å². The number of carbonyl (C=O) groups excluding carboxylic acids is 5. The van der Waals surface area contributed by atoms with E-state index in [1.807, 2.05) is 34.6 Å². The van der Waals surface area contributed by atoms with Gasteiger partial charge in [-0.25, -0.2) is 58.7 Å². The van der Waals surface area contributed by atoms with E-state index in [0.29, 0.717) is 110 Å². The van der Waals surface area contributed by atoms with Crippen LogP contribution < -0.4 is 21.7 Å². The van der Waals surface area contributed by atoms with Gasteiger partial charge in [0.1, 0.15) is 5.56 Å². The summed E-state index contributed by atoms with van der Waals surface area (Å²) >= 11 is 0. The van der Waals surface area contributed by atoms with E-state index in [-0.39, 0.29) is 78.8 Å². The van der Waals surface area contributed by atoms with Crippen LogP contribution in [0.5, 0.6) is 0 Å². The summed E-state index contributed by atoms with van der Waals surface area (Å²) in [5, 5.41) is 28.4. The second kappa shape index (κ2) is 29.2. The van der Waals surface area contributed by atoms with Crippen molar-refractivity contribution >= 4 is 52.7 Å². The summed E-state index contributed by atoms with van der Waals surface area (Å²) < 4.78 is 124. The number of Topliss-reactive ketones (excluding diaryl/α,β-unsaturated/α-hetero) is 2. The first kappa shape index (κ1) is 65.4. The van der Waals surface area contributed by atoms with Crippen LogP contribution in [0.3, 0.4) is 0 Å². The predicted octanol–water partition coefficient (Wildman–Crippen LogP) is 10.7. The molecule has 0 spiro atoms. The third kappa shape index (κ3) is 16.7. The molecule has 0 saturated carbocycles. The average Bonchev–Trinajstić information content (AvgIpc) is 4.45. The first-order valence-electron chi connectivity index (χ1n) is 27.0. The molecule has 458 valence electrons. The number of carboxylic acids is 1. The highest BCUT2D eigenvalue weighted by molar-refractivity contribution is 5.98. The molecular formula is C56H64F9N13O7. The van der Waals surface area contributed by atoms with Crippen molar-refractivity contribution in [2.24, 2.45) is 17.6 Å². The van der Waals surface area contributed by atoms with Crippen molar-refractivity contribution in [1.82, 2.24) is 44.0 Å². The molecule has 6 N–H and O–H groups in total. The van der Waals surface area contributed by atoms with Crippen molar-refractivity contribution in [2.45, 2.75) is 119 Å². The highest BCUT2D eigenvalue weighted by Crippen LogP contribution is 2.26. The van der Waals surface area contributed by atoms with Crippen molar-refractivity contribution in [3.63, 3.8) is 0 Å². The van der Waals surface area contributed by atoms with Crippen LogP contribution in [0, 0.1) is 64.2 Å². The molecule has 3 aliphatic rings. The van der Waals surface area contributed by atoms with E-state index in [1.165, 1.54) is 38.0 Å². The van der Waals surface area contributed by atoms with Gasteiger partial charge in [-0.05, 0) is 25.2 Å². The number of amides is 6. The number of ketones is 2. The number of aromatic carboxylic acids is 1. The van der Waals surface area contributed by atoms with Crippen LogP contribution in [0.1, 0.15) is 122 Å². The number of anilines is 3. The summed E-state index contributed by atoms with van der Waals surface area (Å²) in [6.07, 6.45) is 7.89. The summed E-state index contributed by atoms with van der Waals surface area (Å²) in [6, 6.07) is 2.67. The fourth-order valence-electron chi connectivity index (χ4n) is 8.53. The Balaban J connectivity index is 0.000000197. The molecule has 6 heterocycles. The van der Waals surface area contributed by atoms with E-state index in [0.717, 1.165) is 19.3 Å². The Morgan fingerprint density at radius 2 is 0.729 bits per heavy atom. The highest BCUT2D eigenvalue weighted by atomic mass is 19.2. The van der Waals surface area contributed by atoms with Gasteiger partial charge < -0.3 is 41.5 Å². The number of aromatic nitrogens is 6. The Hall–Kier alpha value is -8.76. The summed E-state index contributed by atoms with van der Waals surface area (Å²) in [5.41, 5.74) is 7.23. The number of urea groups is 3. The summed E-state index contributed by atoms with van der Waals surface area (Å²) in [5.74, 6) is -13.9. The average molecular weight is 1200 g/mol. The Bertz CT molecular complexity index is 3210. The van der Waals surface area contributed by atoms with E-state index >= 15 is 0 Å². The van der Waals surface area contributed by atoms with E-state index in [4.69, 9.17) is 10.8 Å². The third-order valence-corrected chi connectivity index (χ3v) is 14.1. The number of fused-ring (bicyclic) bond motifs is 3. The topological polar surface area (TPSA) is 248 Å². The summed E-state index contributed by atoms with van der Waals surface area (Å²) in [4.78, 5) is 77.4. The van der Waals surface area contributed by atoms with Gasteiger partial charge in [0, 0.05) is 92.0 Å². The number of nitrogens with zero attached hydrogens (tertiary/aromatic N) is 9. The van der Waals surface area contributed by atoms with Gasteiger partial charge in [-0.3, -0.25) is 23.6 Å². The van der Waals surface area contributed by atoms with Gasteiger partial charge in [0.05, 0.1) is 86.1 Å². The number of nitrogens with two attached hydrogens (primary N) is 1. The predicted molar refractivity (Wildman–Crippen MR) is 292 cm³/mol. The molecule has 0 aliphatic carbocycles. The first-order chi connectivity index (χ1) is 40.2. The van der Waals surface area contributed by atoms with Crippen molar-refractivity contribution < 1.29 is 73.4 Å². The van der Waals surface area contributed by atoms with Gasteiger partial charge in [-0.2, -0.15) is 15.3 Å². The first-order valence-corrected chi connectivity index (χ1v) is 27.0. The molecule has 29 heteroatoms. The van der Waals surface area contributed by atoms with E-state index in [9.17, 15) is 68.3 Å². The lowest BCUT2D eigenvalue weighted by atomic mass is 9.98. The maximum Gasteiger partial charge on any atom is 0.339 e. The quantitative estimate of drug-likeness (QED) is 0.0413. The molecular weight excluding hydrogens is 1140 g/mol. The van der Waals surface area contributed by atoms with Gasteiger partial charge in [0.15, 0.2) is 63.9 Å². The number of halogens is 9. The lowest BCUT2D eigenvalue weighted by Crippen LogP contribution is -2.41. The number of hydrogen-bond donors (Lipinski definition) is 5. The van der Waals surface area contributed by atoms with Crippen LogP contribution in [0.25, 0.3) is 0 Å². The van der Waals surface area contributed by atoms with E-state index in [2.05, 4.69) is 38.2 Å². The van der Waals surface area contributed by atoms with Crippen LogP contribution >= 0.6 is 0 Å². The number of benzene rings is 3. The fourth-order valence-corrected chi connectivity index (χ4v) is 8.53. The highest BCUT2D eigenvalue weighted by Gasteiger charge is 2.31. The Labute approximate surface area is 482 Å². The van der Waals surface area contributed by atoms with Crippen LogP contribution in [0.15, 0.2) is 55.0 Å². The molecule has 3 aliphatic heterocycles. The summed E-state index contributed by atoms with van der Waals surface area (Å²) in [6.45, 7) is 14.3. The molecule has 9 rings (SSSR count). The molecule has 3 aromatic carbocycles. The fraction of sp³-hybridized carbons (Fsp3) is 0.411. The van der Waals surface area contributed by atoms with Gasteiger partial charge in [-0.15, -0.1) is 0 Å². The Kier molecular flexibility index (Phi) is 22.4. The smallest absolute Gasteiger partial charge is 0.339 e. The second-order valence-corrected chi connectivity index (χ2v) is 20.5. The number of carboxylic acid groups (broad SMARTS) is 1. The zero-order chi connectivity index (χ0) is 62.6. The maximum atomic E-state index is 13.3. The van der Waals surface area contributed by atoms with E-state index in [1.54, 1.807) is 9.36 Å². The lowest BCUT2D eigenvalue weighted by molar-refractivity contribution is 0.0692. The molecule has 0 radical (unpaired) electrons. The number of carbonyl (C=O) groups is 6. The van der Waals surface area contributed by atoms with Crippen LogP contribution in [0.2, 0.25) is 0 Å². The second-order valence-electron chi connectivity index (χ2n) is 20.5. The zero-order valence-corrected chi connectivity index (χ0v) is 47.2. The number of rotatable bonds is 13. The third-order valence-electron chi connectivity index (χ3n) is 14.1. The molecule has 0 bridgehead atoms. The van der Waals surface area contributed by atoms with Gasteiger partial charge in [0.2, 0.25) is 0 Å². The van der Waals surface area contributed by atoms with Gasteiger partial charge in [0.25, 0.3) is 0 Å². The maximum absolute atomic E-state index is 13.3. The molecule has 6 amide bonds. The largest absolute Gasteiger partial charge is 0.478 e. The Morgan fingerprint density at radius 1 is 0.471 bits per heavy atom. The van der Waals surface area contributed by atoms with E-state index < -0.39 is 76.4 Å². The molecule has 85 heavy (non-hydrogen) atoms. The molecule has 0 fully saturated rings. The summed E-state index contributed by atoms with van der Waals surface area (Å²) in [7, 11) is 0. The van der Waals surface area contributed by atoms with Gasteiger partial charge >= 0.3 is 24.1 Å². The lowest BCUT2D eigenvalue weighted by Gasteiger charge is -2.28. The van der Waals surface area contributed by atoms with Crippen molar-refractivity contribution in [1.29, 1.82) is 0 Å². The molecule has 6 aromatic rings. The van der Waals surface area contributed by atoms with Crippen molar-refractivity contribution in [2.75, 3.05) is 35.6 Å². The van der Waals surface area contributed by atoms with Crippen LogP contribution in [-0.2, 0) is 39.3 Å². The Morgan fingerprint density at radius 3 is 0.976 bits per heavy atom. The molecule has 3 atom stereocenters. The monoisotopic (exact) mass is 1200 g/mol. The number of nitrogens with one attached hydrogen (secondary N) is 3. The molecule has 0 saturated heterocycles.